The molecule has 0 saturated heterocycles. The van der Waals surface area contributed by atoms with Crippen LogP contribution in [0, 0.1) is 11.3 Å². The summed E-state index contributed by atoms with van der Waals surface area (Å²) in [6, 6.07) is 6.08. The van der Waals surface area contributed by atoms with Gasteiger partial charge in [0.15, 0.2) is 5.69 Å². The number of nitrogens with two attached hydrogens (primary N) is 1. The Balaban J connectivity index is 2.21. The van der Waals surface area contributed by atoms with Crippen LogP contribution in [0.15, 0.2) is 12.1 Å². The third-order valence-corrected chi connectivity index (χ3v) is 3.38. The van der Waals surface area contributed by atoms with Crippen molar-refractivity contribution in [2.45, 2.75) is 31.7 Å². The van der Waals surface area contributed by atoms with Gasteiger partial charge in [0.25, 0.3) is 0 Å². The van der Waals surface area contributed by atoms with Gasteiger partial charge in [-0.3, -0.25) is 0 Å². The molecule has 0 atom stereocenters. The van der Waals surface area contributed by atoms with Crippen molar-refractivity contribution in [3.8, 4) is 6.07 Å². The fourth-order valence-electron chi connectivity index (χ4n) is 2.13. The van der Waals surface area contributed by atoms with E-state index in [2.05, 4.69) is 9.88 Å². The molecule has 0 bridgehead atoms. The van der Waals surface area contributed by atoms with Gasteiger partial charge in [0.2, 0.25) is 0 Å². The van der Waals surface area contributed by atoms with E-state index in [0.717, 1.165) is 25.2 Å². The van der Waals surface area contributed by atoms with Crippen molar-refractivity contribution in [2.75, 3.05) is 23.8 Å². The van der Waals surface area contributed by atoms with Crippen molar-refractivity contribution in [3.63, 3.8) is 0 Å². The van der Waals surface area contributed by atoms with Crippen LogP contribution in [0.4, 0.5) is 11.5 Å². The van der Waals surface area contributed by atoms with Gasteiger partial charge in [-0.2, -0.15) is 5.26 Å². The highest BCUT2D eigenvalue weighted by Crippen LogP contribution is 2.29. The first-order valence-electron chi connectivity index (χ1n) is 6.30. The Labute approximate surface area is 107 Å². The molecule has 18 heavy (non-hydrogen) atoms. The third kappa shape index (κ3) is 2.54. The number of hydrogen-bond acceptors (Lipinski definition) is 5. The number of nitrogens with zero attached hydrogens (tertiary/aromatic N) is 3. The van der Waals surface area contributed by atoms with E-state index in [9.17, 15) is 0 Å². The van der Waals surface area contributed by atoms with Crippen molar-refractivity contribution >= 4 is 11.5 Å². The van der Waals surface area contributed by atoms with E-state index in [1.165, 1.54) is 6.42 Å². The molecule has 1 aliphatic rings. The zero-order chi connectivity index (χ0) is 13.0. The predicted octanol–water partition coefficient (Wildman–Crippen LogP) is 1.28. The van der Waals surface area contributed by atoms with Crippen LogP contribution < -0.4 is 10.6 Å². The summed E-state index contributed by atoms with van der Waals surface area (Å²) in [6.45, 7) is 0.937. The van der Waals surface area contributed by atoms with Gasteiger partial charge in [-0.1, -0.05) is 0 Å². The molecule has 1 aromatic heterocycles. The fourth-order valence-corrected chi connectivity index (χ4v) is 2.13. The minimum Gasteiger partial charge on any atom is -0.396 e. The maximum atomic E-state index is 8.96. The van der Waals surface area contributed by atoms with Gasteiger partial charge in [0.05, 0.1) is 5.69 Å². The number of anilines is 2. The second kappa shape index (κ2) is 5.69. The van der Waals surface area contributed by atoms with Crippen LogP contribution in [0.25, 0.3) is 0 Å². The lowest BCUT2D eigenvalue weighted by molar-refractivity contribution is 0.282. The number of aliphatic hydroxyl groups is 1. The lowest BCUT2D eigenvalue weighted by atomic mass is 9.91. The fraction of sp³-hybridized carbons (Fsp3) is 0.538. The molecular formula is C13H18N4O. The standard InChI is InChI=1S/C13H18N4O/c14-9-12-11(15)5-6-13(16-12)17(7-2-8-18)10-3-1-4-10/h5-6,10,18H,1-4,7-8,15H2. The molecule has 5 nitrogen and oxygen atoms in total. The van der Waals surface area contributed by atoms with Crippen LogP contribution in [0.5, 0.6) is 0 Å². The van der Waals surface area contributed by atoms with Gasteiger partial charge >= 0.3 is 0 Å². The molecule has 0 radical (unpaired) electrons. The maximum Gasteiger partial charge on any atom is 0.165 e. The Hall–Kier alpha value is -1.80. The van der Waals surface area contributed by atoms with Gasteiger partial charge < -0.3 is 15.7 Å². The van der Waals surface area contributed by atoms with E-state index in [1.807, 2.05) is 12.1 Å². The summed E-state index contributed by atoms with van der Waals surface area (Å²) in [4.78, 5) is 6.49. The monoisotopic (exact) mass is 246 g/mol. The largest absolute Gasteiger partial charge is 0.396 e. The normalized spacial score (nSPS) is 14.9. The lowest BCUT2D eigenvalue weighted by Gasteiger charge is -2.38. The minimum absolute atomic E-state index is 0.170. The lowest BCUT2D eigenvalue weighted by Crippen LogP contribution is -2.41. The van der Waals surface area contributed by atoms with Crippen molar-refractivity contribution in [2.24, 2.45) is 0 Å². The van der Waals surface area contributed by atoms with Crippen molar-refractivity contribution in [1.29, 1.82) is 5.26 Å². The maximum absolute atomic E-state index is 8.96. The minimum atomic E-state index is 0.170. The van der Waals surface area contributed by atoms with Crippen LogP contribution >= 0.6 is 0 Å². The highest BCUT2D eigenvalue weighted by molar-refractivity contribution is 5.55. The van der Waals surface area contributed by atoms with E-state index in [0.29, 0.717) is 18.2 Å². The molecule has 96 valence electrons. The topological polar surface area (TPSA) is 86.2 Å². The van der Waals surface area contributed by atoms with E-state index < -0.39 is 0 Å². The zero-order valence-electron chi connectivity index (χ0n) is 10.3. The molecule has 0 spiro atoms. The summed E-state index contributed by atoms with van der Waals surface area (Å²) in [5, 5.41) is 17.9. The molecule has 0 aromatic carbocycles. The van der Waals surface area contributed by atoms with Crippen LogP contribution in [-0.2, 0) is 0 Å². The molecule has 1 heterocycles. The first-order valence-corrected chi connectivity index (χ1v) is 6.30. The summed E-state index contributed by atoms with van der Waals surface area (Å²) in [7, 11) is 0. The summed E-state index contributed by atoms with van der Waals surface area (Å²) in [5.74, 6) is 0.791. The smallest absolute Gasteiger partial charge is 0.165 e. The van der Waals surface area contributed by atoms with Gasteiger partial charge in [0, 0.05) is 19.2 Å². The molecule has 0 aliphatic heterocycles. The number of nitriles is 1. The Morgan fingerprint density at radius 1 is 1.50 bits per heavy atom. The quantitative estimate of drug-likeness (QED) is 0.817. The van der Waals surface area contributed by atoms with Crippen molar-refractivity contribution in [1.82, 2.24) is 4.98 Å². The Morgan fingerprint density at radius 2 is 2.28 bits per heavy atom. The highest BCUT2D eigenvalue weighted by atomic mass is 16.3. The average Bonchev–Trinajstić information content (AvgIpc) is 2.33. The first kappa shape index (κ1) is 12.7. The molecule has 3 N–H and O–H groups in total. The Morgan fingerprint density at radius 3 is 2.83 bits per heavy atom. The second-order valence-corrected chi connectivity index (χ2v) is 4.57. The van der Waals surface area contributed by atoms with E-state index in [-0.39, 0.29) is 12.3 Å². The number of pyridine rings is 1. The number of aliphatic hydroxyl groups excluding tert-OH is 1. The van der Waals surface area contributed by atoms with E-state index in [4.69, 9.17) is 16.1 Å². The SMILES string of the molecule is N#Cc1nc(N(CCCO)C2CCC2)ccc1N. The van der Waals surface area contributed by atoms with Gasteiger partial charge in [-0.25, -0.2) is 4.98 Å². The molecule has 1 aromatic rings. The van der Waals surface area contributed by atoms with Crippen LogP contribution in [0.1, 0.15) is 31.4 Å². The number of hydrogen-bond donors (Lipinski definition) is 2. The highest BCUT2D eigenvalue weighted by Gasteiger charge is 2.25. The molecular weight excluding hydrogens is 228 g/mol. The van der Waals surface area contributed by atoms with Gasteiger partial charge in [-0.15, -0.1) is 0 Å². The second-order valence-electron chi connectivity index (χ2n) is 4.57. The van der Waals surface area contributed by atoms with Crippen molar-refractivity contribution < 1.29 is 5.11 Å². The molecule has 2 rings (SSSR count). The summed E-state index contributed by atoms with van der Waals surface area (Å²) < 4.78 is 0. The van der Waals surface area contributed by atoms with E-state index >= 15 is 0 Å². The summed E-state index contributed by atoms with van der Waals surface area (Å²) >= 11 is 0. The molecule has 0 unspecified atom stereocenters. The third-order valence-electron chi connectivity index (χ3n) is 3.38. The molecule has 1 fully saturated rings. The number of nitrogen functional groups attached to an aromatic ring is 1. The Kier molecular flexibility index (Phi) is 4.00. The number of rotatable bonds is 5. The molecule has 1 saturated carbocycles. The predicted molar refractivity (Wildman–Crippen MR) is 70.1 cm³/mol. The zero-order valence-corrected chi connectivity index (χ0v) is 10.3. The number of aromatic nitrogens is 1. The van der Waals surface area contributed by atoms with Gasteiger partial charge in [-0.05, 0) is 37.8 Å². The van der Waals surface area contributed by atoms with Crippen molar-refractivity contribution in [3.05, 3.63) is 17.8 Å². The van der Waals surface area contributed by atoms with Crippen LogP contribution in [-0.4, -0.2) is 29.3 Å². The van der Waals surface area contributed by atoms with Crippen LogP contribution in [0.2, 0.25) is 0 Å². The van der Waals surface area contributed by atoms with Crippen LogP contribution in [0.3, 0.4) is 0 Å². The Bertz CT molecular complexity index is 451. The van der Waals surface area contributed by atoms with E-state index in [1.54, 1.807) is 6.07 Å². The van der Waals surface area contributed by atoms with Gasteiger partial charge in [0.1, 0.15) is 11.9 Å². The molecule has 5 heteroatoms. The molecule has 1 aliphatic carbocycles. The summed E-state index contributed by atoms with van der Waals surface area (Å²) in [5.41, 5.74) is 6.37. The molecule has 0 amide bonds. The average molecular weight is 246 g/mol. The summed E-state index contributed by atoms with van der Waals surface area (Å²) in [6.07, 6.45) is 4.25. The first-order chi connectivity index (χ1) is 8.76.